The van der Waals surface area contributed by atoms with Crippen molar-refractivity contribution in [1.29, 1.82) is 0 Å². The third-order valence-electron chi connectivity index (χ3n) is 8.79. The molecule has 3 saturated heterocycles. The average molecular weight is 551 g/mol. The number of carbonyl (C=O) groups excluding carboxylic acids is 2. The number of nitrogens with one attached hydrogen (secondary N) is 2. The number of likely N-dealkylation sites (tertiary alicyclic amines) is 1. The largest absolute Gasteiger partial charge is 0.497 e. The Labute approximate surface area is 236 Å². The SMILES string of the molecule is CCc1nc(N2CC3(CCN(C(=O)C(C)(C)CO)CC3)N(Cc3cccc(OC)c3)C2=O)ccc1C1CNNC1. The quantitative estimate of drug-likeness (QED) is 0.464. The van der Waals surface area contributed by atoms with Crippen molar-refractivity contribution >= 4 is 17.8 Å². The molecule has 3 aliphatic heterocycles. The van der Waals surface area contributed by atoms with Crippen LogP contribution in [-0.2, 0) is 17.8 Å². The summed E-state index contributed by atoms with van der Waals surface area (Å²) < 4.78 is 5.44. The van der Waals surface area contributed by atoms with Crippen molar-refractivity contribution in [3.8, 4) is 5.75 Å². The number of hydrogen-bond acceptors (Lipinski definition) is 7. The highest BCUT2D eigenvalue weighted by molar-refractivity contribution is 5.94. The number of anilines is 1. The Morgan fingerprint density at radius 1 is 1.18 bits per heavy atom. The number of aromatic nitrogens is 1. The van der Waals surface area contributed by atoms with Crippen molar-refractivity contribution in [3.63, 3.8) is 0 Å². The molecule has 40 heavy (non-hydrogen) atoms. The molecule has 0 saturated carbocycles. The fourth-order valence-corrected chi connectivity index (χ4v) is 6.20. The van der Waals surface area contributed by atoms with Gasteiger partial charge in [0.15, 0.2) is 0 Å². The standard InChI is InChI=1S/C30H42N6O4/c1-5-25-24(22-16-31-32-17-22)9-10-26(33-25)35-19-30(11-13-34(14-12-30)27(38)29(2,3)20-37)36(28(35)39)18-21-7-6-8-23(15-21)40-4/h6-10,15,22,31-32,37H,5,11-14,16-20H2,1-4H3. The summed E-state index contributed by atoms with van der Waals surface area (Å²) in [5, 5.41) is 9.74. The Balaban J connectivity index is 1.44. The first-order chi connectivity index (χ1) is 19.2. The molecule has 3 aliphatic rings. The van der Waals surface area contributed by atoms with Gasteiger partial charge < -0.3 is 19.6 Å². The number of ether oxygens (including phenoxy) is 1. The zero-order valence-electron chi connectivity index (χ0n) is 24.1. The van der Waals surface area contributed by atoms with E-state index in [4.69, 9.17) is 9.72 Å². The highest BCUT2D eigenvalue weighted by atomic mass is 16.5. The monoisotopic (exact) mass is 550 g/mol. The fraction of sp³-hybridized carbons (Fsp3) is 0.567. The van der Waals surface area contributed by atoms with Crippen molar-refractivity contribution in [2.24, 2.45) is 5.41 Å². The minimum atomic E-state index is -0.825. The van der Waals surface area contributed by atoms with Crippen molar-refractivity contribution in [1.82, 2.24) is 25.6 Å². The van der Waals surface area contributed by atoms with Crippen molar-refractivity contribution < 1.29 is 19.4 Å². The molecule has 2 aromatic rings. The van der Waals surface area contributed by atoms with Gasteiger partial charge in [0.2, 0.25) is 5.91 Å². The maximum atomic E-state index is 14.1. The number of rotatable bonds is 8. The first-order valence-electron chi connectivity index (χ1n) is 14.3. The van der Waals surface area contributed by atoms with Crippen LogP contribution in [0.3, 0.4) is 0 Å². The van der Waals surface area contributed by atoms with Crippen LogP contribution in [0.1, 0.15) is 56.4 Å². The van der Waals surface area contributed by atoms with Crippen molar-refractivity contribution in [3.05, 3.63) is 53.2 Å². The first-order valence-corrected chi connectivity index (χ1v) is 14.3. The summed E-state index contributed by atoms with van der Waals surface area (Å²) in [6.45, 7) is 9.20. The number of urea groups is 1. The van der Waals surface area contributed by atoms with Crippen LogP contribution in [0.2, 0.25) is 0 Å². The number of aliphatic hydroxyl groups is 1. The third kappa shape index (κ3) is 5.27. The molecule has 3 fully saturated rings. The van der Waals surface area contributed by atoms with Gasteiger partial charge >= 0.3 is 6.03 Å². The zero-order valence-corrected chi connectivity index (χ0v) is 24.1. The molecule has 216 valence electrons. The Hall–Kier alpha value is -3.21. The molecule has 4 heterocycles. The van der Waals surface area contributed by atoms with Crippen molar-refractivity contribution in [2.75, 3.05) is 51.3 Å². The second-order valence-corrected chi connectivity index (χ2v) is 11.9. The molecule has 10 nitrogen and oxygen atoms in total. The average Bonchev–Trinajstić information content (AvgIpc) is 3.61. The predicted molar refractivity (Wildman–Crippen MR) is 153 cm³/mol. The molecular weight excluding hydrogens is 508 g/mol. The van der Waals surface area contributed by atoms with E-state index in [0.29, 0.717) is 50.8 Å². The van der Waals surface area contributed by atoms with E-state index in [9.17, 15) is 14.7 Å². The number of hydrogen-bond donors (Lipinski definition) is 3. The minimum absolute atomic E-state index is 0.0499. The molecule has 3 N–H and O–H groups in total. The fourth-order valence-electron chi connectivity index (χ4n) is 6.20. The van der Waals surface area contributed by atoms with Gasteiger partial charge in [0.1, 0.15) is 11.6 Å². The van der Waals surface area contributed by atoms with E-state index in [0.717, 1.165) is 36.5 Å². The summed E-state index contributed by atoms with van der Waals surface area (Å²) in [6.07, 6.45) is 2.10. The topological polar surface area (TPSA) is 110 Å². The van der Waals surface area contributed by atoms with E-state index in [1.165, 1.54) is 5.56 Å². The lowest BCUT2D eigenvalue weighted by atomic mass is 9.84. The van der Waals surface area contributed by atoms with Gasteiger partial charge in [0.05, 0.1) is 31.2 Å². The summed E-state index contributed by atoms with van der Waals surface area (Å²) >= 11 is 0. The number of aliphatic hydroxyl groups excluding tert-OH is 1. The number of benzene rings is 1. The van der Waals surface area contributed by atoms with Gasteiger partial charge in [-0.1, -0.05) is 25.1 Å². The van der Waals surface area contributed by atoms with Gasteiger partial charge in [-0.05, 0) is 62.4 Å². The van der Waals surface area contributed by atoms with Gasteiger partial charge in [-0.2, -0.15) is 0 Å². The Morgan fingerprint density at radius 2 is 1.90 bits per heavy atom. The molecule has 0 radical (unpaired) electrons. The number of aryl methyl sites for hydroxylation is 1. The second kappa shape index (κ2) is 11.3. The Bertz CT molecular complexity index is 1240. The summed E-state index contributed by atoms with van der Waals surface area (Å²) in [6, 6.07) is 11.9. The lowest BCUT2D eigenvalue weighted by Gasteiger charge is -2.45. The van der Waals surface area contributed by atoms with Crippen LogP contribution in [0.5, 0.6) is 5.75 Å². The maximum Gasteiger partial charge on any atom is 0.326 e. The van der Waals surface area contributed by atoms with Crippen LogP contribution < -0.4 is 20.5 Å². The van der Waals surface area contributed by atoms with E-state index in [2.05, 4.69) is 23.8 Å². The number of carbonyl (C=O) groups is 2. The van der Waals surface area contributed by atoms with Crippen LogP contribution in [0, 0.1) is 5.41 Å². The molecule has 0 aliphatic carbocycles. The molecule has 0 bridgehead atoms. The van der Waals surface area contributed by atoms with Crippen LogP contribution >= 0.6 is 0 Å². The zero-order chi connectivity index (χ0) is 28.5. The molecule has 3 amide bonds. The molecule has 5 rings (SSSR count). The van der Waals surface area contributed by atoms with Crippen molar-refractivity contribution in [2.45, 2.75) is 58.0 Å². The van der Waals surface area contributed by atoms with E-state index in [1.807, 2.05) is 45.0 Å². The normalized spacial score (nSPS) is 19.6. The minimum Gasteiger partial charge on any atom is -0.497 e. The van der Waals surface area contributed by atoms with Gasteiger partial charge in [0, 0.05) is 44.3 Å². The number of pyridine rings is 1. The summed E-state index contributed by atoms with van der Waals surface area (Å²) in [5.41, 5.74) is 8.37. The molecule has 0 atom stereocenters. The predicted octanol–water partition coefficient (Wildman–Crippen LogP) is 2.67. The highest BCUT2D eigenvalue weighted by Crippen LogP contribution is 2.40. The number of piperidine rings is 1. The van der Waals surface area contributed by atoms with E-state index in [1.54, 1.807) is 21.0 Å². The van der Waals surface area contributed by atoms with Gasteiger partial charge in [-0.3, -0.25) is 20.5 Å². The molecule has 0 unspecified atom stereocenters. The summed E-state index contributed by atoms with van der Waals surface area (Å²) in [4.78, 5) is 37.9. The van der Waals surface area contributed by atoms with Gasteiger partial charge in [0.25, 0.3) is 0 Å². The van der Waals surface area contributed by atoms with Crippen LogP contribution in [0.25, 0.3) is 0 Å². The van der Waals surface area contributed by atoms with E-state index < -0.39 is 11.0 Å². The number of nitrogens with zero attached hydrogens (tertiary/aromatic N) is 4. The van der Waals surface area contributed by atoms with Gasteiger partial charge in [-0.15, -0.1) is 0 Å². The van der Waals surface area contributed by atoms with E-state index in [-0.39, 0.29) is 18.5 Å². The van der Waals surface area contributed by atoms with Crippen LogP contribution in [0.4, 0.5) is 10.6 Å². The molecule has 1 spiro atoms. The first kappa shape index (κ1) is 28.3. The van der Waals surface area contributed by atoms with Crippen LogP contribution in [0.15, 0.2) is 36.4 Å². The smallest absolute Gasteiger partial charge is 0.326 e. The number of amides is 3. The third-order valence-corrected chi connectivity index (χ3v) is 8.79. The maximum absolute atomic E-state index is 14.1. The second-order valence-electron chi connectivity index (χ2n) is 11.9. The Kier molecular flexibility index (Phi) is 8.03. The lowest BCUT2D eigenvalue weighted by Crippen LogP contribution is -2.56. The highest BCUT2D eigenvalue weighted by Gasteiger charge is 2.52. The molecule has 10 heteroatoms. The molecule has 1 aromatic carbocycles. The molecular formula is C30H42N6O4. The summed E-state index contributed by atoms with van der Waals surface area (Å²) in [5.74, 6) is 1.73. The van der Waals surface area contributed by atoms with Crippen LogP contribution in [-0.4, -0.2) is 83.8 Å². The van der Waals surface area contributed by atoms with Gasteiger partial charge in [-0.25, -0.2) is 9.78 Å². The number of methoxy groups -OCH3 is 1. The summed E-state index contributed by atoms with van der Waals surface area (Å²) in [7, 11) is 1.64. The lowest BCUT2D eigenvalue weighted by molar-refractivity contribution is -0.144. The molecule has 1 aromatic heterocycles. The Morgan fingerprint density at radius 3 is 2.55 bits per heavy atom. The van der Waals surface area contributed by atoms with E-state index >= 15 is 0 Å². The number of hydrazine groups is 1.